The van der Waals surface area contributed by atoms with Gasteiger partial charge in [-0.1, -0.05) is 6.92 Å². The summed E-state index contributed by atoms with van der Waals surface area (Å²) >= 11 is 0. The molecule has 1 aromatic rings. The van der Waals surface area contributed by atoms with Gasteiger partial charge < -0.3 is 9.47 Å². The van der Waals surface area contributed by atoms with E-state index in [0.29, 0.717) is 13.0 Å². The molecule has 1 atom stereocenters. The fourth-order valence-corrected chi connectivity index (χ4v) is 2.08. The maximum absolute atomic E-state index is 12.2. The molecule has 0 bridgehead atoms. The van der Waals surface area contributed by atoms with Gasteiger partial charge >= 0.3 is 0 Å². The summed E-state index contributed by atoms with van der Waals surface area (Å²) < 4.78 is 10.3. The number of hydrogen-bond donors (Lipinski definition) is 0. The van der Waals surface area contributed by atoms with Crippen molar-refractivity contribution in [2.45, 2.75) is 27.2 Å². The van der Waals surface area contributed by atoms with Gasteiger partial charge in [-0.2, -0.15) is 0 Å². The lowest BCUT2D eigenvalue weighted by molar-refractivity contribution is 0.0919. The van der Waals surface area contributed by atoms with E-state index in [4.69, 9.17) is 9.47 Å². The molecular formula is C15H22O3. The van der Waals surface area contributed by atoms with E-state index in [2.05, 4.69) is 0 Å². The van der Waals surface area contributed by atoms with Crippen LogP contribution in [0.3, 0.4) is 0 Å². The van der Waals surface area contributed by atoms with E-state index in [1.807, 2.05) is 32.9 Å². The molecule has 3 heteroatoms. The van der Waals surface area contributed by atoms with Crippen LogP contribution in [0.4, 0.5) is 0 Å². The van der Waals surface area contributed by atoms with Crippen LogP contribution in [0.1, 0.15) is 34.8 Å². The van der Waals surface area contributed by atoms with Gasteiger partial charge in [0.05, 0.1) is 7.11 Å². The van der Waals surface area contributed by atoms with E-state index < -0.39 is 0 Å². The van der Waals surface area contributed by atoms with Gasteiger partial charge in [0.15, 0.2) is 5.78 Å². The lowest BCUT2D eigenvalue weighted by Gasteiger charge is -2.13. The molecule has 0 aliphatic carbocycles. The van der Waals surface area contributed by atoms with Crippen LogP contribution in [0, 0.1) is 19.8 Å². The van der Waals surface area contributed by atoms with Gasteiger partial charge in [-0.05, 0) is 43.0 Å². The van der Waals surface area contributed by atoms with Crippen LogP contribution in [0.5, 0.6) is 5.75 Å². The van der Waals surface area contributed by atoms with Gasteiger partial charge in [0.2, 0.25) is 0 Å². The molecule has 0 aliphatic rings. The average Bonchev–Trinajstić information content (AvgIpc) is 2.31. The largest absolute Gasteiger partial charge is 0.496 e. The summed E-state index contributed by atoms with van der Waals surface area (Å²) in [5.74, 6) is 1.24. The molecule has 0 saturated heterocycles. The summed E-state index contributed by atoms with van der Waals surface area (Å²) in [4.78, 5) is 12.2. The smallest absolute Gasteiger partial charge is 0.163 e. The van der Waals surface area contributed by atoms with Gasteiger partial charge in [0.1, 0.15) is 5.75 Å². The Morgan fingerprint density at radius 3 is 2.44 bits per heavy atom. The average molecular weight is 250 g/mol. The summed E-state index contributed by atoms with van der Waals surface area (Å²) in [7, 11) is 3.30. The molecule has 1 unspecified atom stereocenters. The first-order valence-electron chi connectivity index (χ1n) is 6.17. The lowest BCUT2D eigenvalue weighted by atomic mass is 9.95. The van der Waals surface area contributed by atoms with Crippen LogP contribution in [0.25, 0.3) is 0 Å². The van der Waals surface area contributed by atoms with E-state index in [-0.39, 0.29) is 11.7 Å². The first-order valence-corrected chi connectivity index (χ1v) is 6.17. The van der Waals surface area contributed by atoms with Gasteiger partial charge in [-0.25, -0.2) is 0 Å². The predicted octanol–water partition coefficient (Wildman–Crippen LogP) is 3.17. The summed E-state index contributed by atoms with van der Waals surface area (Å²) in [6.45, 7) is 6.52. The highest BCUT2D eigenvalue weighted by atomic mass is 16.5. The number of carbonyl (C=O) groups excluding carboxylic acids is 1. The molecule has 0 heterocycles. The van der Waals surface area contributed by atoms with Crippen molar-refractivity contribution >= 4 is 5.78 Å². The van der Waals surface area contributed by atoms with Crippen LogP contribution < -0.4 is 4.74 Å². The van der Waals surface area contributed by atoms with E-state index >= 15 is 0 Å². The second-order valence-corrected chi connectivity index (χ2v) is 4.82. The number of methoxy groups -OCH3 is 2. The van der Waals surface area contributed by atoms with Gasteiger partial charge in [-0.3, -0.25) is 4.79 Å². The Balaban J connectivity index is 2.89. The van der Waals surface area contributed by atoms with Crippen LogP contribution in [-0.2, 0) is 4.74 Å². The zero-order valence-corrected chi connectivity index (χ0v) is 11.9. The van der Waals surface area contributed by atoms with E-state index in [1.54, 1.807) is 14.2 Å². The first kappa shape index (κ1) is 14.7. The van der Waals surface area contributed by atoms with Crippen LogP contribution >= 0.6 is 0 Å². The second kappa shape index (κ2) is 6.55. The molecule has 18 heavy (non-hydrogen) atoms. The Labute approximate surface area is 109 Å². The number of hydrogen-bond acceptors (Lipinski definition) is 3. The van der Waals surface area contributed by atoms with Crippen molar-refractivity contribution in [1.82, 2.24) is 0 Å². The molecule has 1 rings (SSSR count). The van der Waals surface area contributed by atoms with E-state index in [1.165, 1.54) is 0 Å². The summed E-state index contributed by atoms with van der Waals surface area (Å²) in [5.41, 5.74) is 2.74. The Hall–Kier alpha value is -1.35. The monoisotopic (exact) mass is 250 g/mol. The number of Topliss-reactive ketones (excluding diaryl/α,β-unsaturated/α-hetero) is 1. The van der Waals surface area contributed by atoms with Crippen molar-refractivity contribution in [1.29, 1.82) is 0 Å². The number of ketones is 1. The van der Waals surface area contributed by atoms with Crippen molar-refractivity contribution in [3.63, 3.8) is 0 Å². The number of ether oxygens (including phenoxy) is 2. The molecule has 100 valence electrons. The highest BCUT2D eigenvalue weighted by Gasteiger charge is 2.15. The zero-order valence-electron chi connectivity index (χ0n) is 11.9. The summed E-state index contributed by atoms with van der Waals surface area (Å²) in [6, 6.07) is 3.83. The lowest BCUT2D eigenvalue weighted by Crippen LogP contribution is -2.12. The molecule has 0 amide bonds. The Bertz CT molecular complexity index is 424. The fraction of sp³-hybridized carbons (Fsp3) is 0.533. The minimum absolute atomic E-state index is 0.169. The molecule has 0 aromatic heterocycles. The predicted molar refractivity (Wildman–Crippen MR) is 72.5 cm³/mol. The molecule has 0 aliphatic heterocycles. The van der Waals surface area contributed by atoms with E-state index in [0.717, 1.165) is 22.4 Å². The number of carbonyl (C=O) groups is 1. The molecule has 0 fully saturated rings. The quantitative estimate of drug-likeness (QED) is 0.727. The van der Waals surface area contributed by atoms with Gasteiger partial charge in [0, 0.05) is 25.7 Å². The molecule has 0 N–H and O–H groups in total. The summed E-state index contributed by atoms with van der Waals surface area (Å²) in [6.07, 6.45) is 0.514. The van der Waals surface area contributed by atoms with Crippen molar-refractivity contribution < 1.29 is 14.3 Å². The number of rotatable bonds is 6. The first-order chi connectivity index (χ1) is 8.49. The van der Waals surface area contributed by atoms with Crippen molar-refractivity contribution in [2.24, 2.45) is 5.92 Å². The number of aryl methyl sites for hydroxylation is 2. The molecule has 0 radical (unpaired) electrons. The third-order valence-corrected chi connectivity index (χ3v) is 3.03. The van der Waals surface area contributed by atoms with Crippen LogP contribution in [0.15, 0.2) is 12.1 Å². The SMILES string of the molecule is COCC(C)CC(=O)c1cc(C)c(OC)cc1C. The van der Waals surface area contributed by atoms with Crippen LogP contribution in [-0.4, -0.2) is 26.6 Å². The van der Waals surface area contributed by atoms with Crippen molar-refractivity contribution in [3.05, 3.63) is 28.8 Å². The third kappa shape index (κ3) is 3.57. The molecule has 3 nitrogen and oxygen atoms in total. The maximum Gasteiger partial charge on any atom is 0.163 e. The Morgan fingerprint density at radius 1 is 1.22 bits per heavy atom. The molecule has 0 saturated carbocycles. The Kier molecular flexibility index (Phi) is 5.35. The standard InChI is InChI=1S/C15H22O3/c1-10(9-17-4)6-14(16)13-7-12(3)15(18-5)8-11(13)2/h7-8,10H,6,9H2,1-5H3. The molecule has 1 aromatic carbocycles. The molecule has 0 spiro atoms. The fourth-order valence-electron chi connectivity index (χ4n) is 2.08. The topological polar surface area (TPSA) is 35.5 Å². The third-order valence-electron chi connectivity index (χ3n) is 3.03. The minimum Gasteiger partial charge on any atom is -0.496 e. The second-order valence-electron chi connectivity index (χ2n) is 4.82. The zero-order chi connectivity index (χ0) is 13.7. The Morgan fingerprint density at radius 2 is 1.89 bits per heavy atom. The summed E-state index contributed by atoms with van der Waals surface area (Å²) in [5, 5.41) is 0. The minimum atomic E-state index is 0.169. The maximum atomic E-state index is 12.2. The van der Waals surface area contributed by atoms with E-state index in [9.17, 15) is 4.79 Å². The van der Waals surface area contributed by atoms with Gasteiger partial charge in [-0.15, -0.1) is 0 Å². The normalized spacial score (nSPS) is 12.3. The van der Waals surface area contributed by atoms with Crippen molar-refractivity contribution in [3.8, 4) is 5.75 Å². The highest BCUT2D eigenvalue weighted by Crippen LogP contribution is 2.24. The van der Waals surface area contributed by atoms with Crippen LogP contribution in [0.2, 0.25) is 0 Å². The molecular weight excluding hydrogens is 228 g/mol. The number of benzene rings is 1. The van der Waals surface area contributed by atoms with Crippen molar-refractivity contribution in [2.75, 3.05) is 20.8 Å². The highest BCUT2D eigenvalue weighted by molar-refractivity contribution is 5.98. The van der Waals surface area contributed by atoms with Gasteiger partial charge in [0.25, 0.3) is 0 Å².